The zero-order valence-electron chi connectivity index (χ0n) is 9.41. The van der Waals surface area contributed by atoms with Gasteiger partial charge >= 0.3 is 0 Å². The molecule has 1 heteroatoms. The highest BCUT2D eigenvalue weighted by Gasteiger charge is 2.09. The lowest BCUT2D eigenvalue weighted by Gasteiger charge is -2.13. The molecule has 0 aromatic heterocycles. The molecule has 72 valence electrons. The summed E-state index contributed by atoms with van der Waals surface area (Å²) in [6.07, 6.45) is 5.27. The molecule has 0 nitrogen and oxygen atoms in total. The first-order valence-corrected chi connectivity index (χ1v) is 8.78. The van der Waals surface area contributed by atoms with Gasteiger partial charge in [-0.2, -0.15) is 0 Å². The van der Waals surface area contributed by atoms with E-state index >= 15 is 0 Å². The second-order valence-electron chi connectivity index (χ2n) is 4.63. The average molecular weight is 184 g/mol. The van der Waals surface area contributed by atoms with Gasteiger partial charge in [0.25, 0.3) is 0 Å². The summed E-state index contributed by atoms with van der Waals surface area (Å²) in [7, 11) is -0.953. The predicted octanol–water partition coefficient (Wildman–Crippen LogP) is 4.39. The minimum absolute atomic E-state index is 0.953. The Bertz CT molecular complexity index is 140. The van der Waals surface area contributed by atoms with Gasteiger partial charge in [0, 0.05) is 0 Å². The van der Waals surface area contributed by atoms with Crippen LogP contribution in [-0.2, 0) is 0 Å². The minimum Gasteiger partial charge on any atom is -0.0958 e. The fraction of sp³-hybridized carbons (Fsp3) is 0.818. The van der Waals surface area contributed by atoms with E-state index in [0.717, 1.165) is 0 Å². The lowest BCUT2D eigenvalue weighted by molar-refractivity contribution is 0.767. The molecule has 0 aliphatic rings. The van der Waals surface area contributed by atoms with Crippen LogP contribution in [0, 0.1) is 0 Å². The second-order valence-corrected chi connectivity index (χ2v) is 9.65. The second kappa shape index (κ2) is 5.58. The summed E-state index contributed by atoms with van der Waals surface area (Å²) in [5.41, 5.74) is 4.26. The molecule has 0 amide bonds. The van der Waals surface area contributed by atoms with Gasteiger partial charge < -0.3 is 0 Å². The van der Waals surface area contributed by atoms with Gasteiger partial charge in [0.05, 0.1) is 8.07 Å². The van der Waals surface area contributed by atoms with Crippen molar-refractivity contribution in [1.82, 2.24) is 0 Å². The molecule has 0 aliphatic carbocycles. The van der Waals surface area contributed by atoms with E-state index in [0.29, 0.717) is 0 Å². The highest BCUT2D eigenvalue weighted by molar-refractivity contribution is 6.81. The van der Waals surface area contributed by atoms with E-state index in [2.05, 4.69) is 39.2 Å². The Hall–Kier alpha value is -0.0431. The minimum atomic E-state index is -0.953. The van der Waals surface area contributed by atoms with Crippen molar-refractivity contribution in [1.29, 1.82) is 0 Å². The Morgan fingerprint density at radius 3 is 2.08 bits per heavy atom. The van der Waals surface area contributed by atoms with Crippen molar-refractivity contribution in [2.24, 2.45) is 0 Å². The van der Waals surface area contributed by atoms with E-state index in [-0.39, 0.29) is 0 Å². The van der Waals surface area contributed by atoms with Crippen LogP contribution in [0.25, 0.3) is 0 Å². The molecule has 12 heavy (non-hydrogen) atoms. The maximum atomic E-state index is 2.57. The summed E-state index contributed by atoms with van der Waals surface area (Å²) in [5.74, 6) is 0. The smallest absolute Gasteiger partial charge is 0.0686 e. The van der Waals surface area contributed by atoms with Crippen molar-refractivity contribution in [3.05, 3.63) is 11.3 Å². The first kappa shape index (κ1) is 12.0. The van der Waals surface area contributed by atoms with E-state index in [1.54, 1.807) is 5.57 Å². The van der Waals surface area contributed by atoms with E-state index in [1.807, 2.05) is 0 Å². The van der Waals surface area contributed by atoms with Gasteiger partial charge in [0.2, 0.25) is 0 Å². The fourth-order valence-corrected chi connectivity index (χ4v) is 2.94. The molecule has 0 bridgehead atoms. The van der Waals surface area contributed by atoms with Gasteiger partial charge in [-0.05, 0) is 19.3 Å². The summed E-state index contributed by atoms with van der Waals surface area (Å²) >= 11 is 0. The van der Waals surface area contributed by atoms with E-state index in [4.69, 9.17) is 0 Å². The standard InChI is InChI=1S/C11H24Si/c1-6-8-9-11(7-2)10-12(3,4)5/h10H,6-9H2,1-5H3/b11-10+. The molecule has 0 fully saturated rings. The van der Waals surface area contributed by atoms with Crippen LogP contribution >= 0.6 is 0 Å². The summed E-state index contributed by atoms with van der Waals surface area (Å²) in [5, 5.41) is 0. The number of allylic oxidation sites excluding steroid dienone is 1. The number of rotatable bonds is 5. The molecular formula is C11H24Si. The van der Waals surface area contributed by atoms with Crippen molar-refractivity contribution in [3.8, 4) is 0 Å². The molecule has 0 aliphatic heterocycles. The maximum Gasteiger partial charge on any atom is 0.0686 e. The molecule has 0 heterocycles. The molecule has 0 radical (unpaired) electrons. The number of unbranched alkanes of at least 4 members (excludes halogenated alkanes) is 1. The van der Waals surface area contributed by atoms with Crippen molar-refractivity contribution in [2.45, 2.75) is 59.2 Å². The maximum absolute atomic E-state index is 2.57. The third-order valence-electron chi connectivity index (χ3n) is 1.94. The summed E-state index contributed by atoms with van der Waals surface area (Å²) in [6, 6.07) is 0. The topological polar surface area (TPSA) is 0 Å². The van der Waals surface area contributed by atoms with Gasteiger partial charge in [-0.1, -0.05) is 51.2 Å². The van der Waals surface area contributed by atoms with Crippen LogP contribution in [0.15, 0.2) is 11.3 Å². The Balaban J connectivity index is 4.04. The molecule has 0 N–H and O–H groups in total. The van der Waals surface area contributed by atoms with Crippen molar-refractivity contribution >= 4 is 8.07 Å². The first-order chi connectivity index (χ1) is 5.49. The van der Waals surface area contributed by atoms with Gasteiger partial charge in [0.15, 0.2) is 0 Å². The zero-order valence-corrected chi connectivity index (χ0v) is 10.4. The number of hydrogen-bond acceptors (Lipinski definition) is 0. The van der Waals surface area contributed by atoms with Crippen LogP contribution in [0.2, 0.25) is 19.6 Å². The van der Waals surface area contributed by atoms with Gasteiger partial charge in [0.1, 0.15) is 0 Å². The van der Waals surface area contributed by atoms with E-state index < -0.39 is 8.07 Å². The summed E-state index contributed by atoms with van der Waals surface area (Å²) in [6.45, 7) is 11.8. The molecule has 0 spiro atoms. The zero-order chi connectivity index (χ0) is 9.61. The van der Waals surface area contributed by atoms with Gasteiger partial charge in [-0.3, -0.25) is 0 Å². The molecule has 0 saturated carbocycles. The monoisotopic (exact) mass is 184 g/mol. The summed E-state index contributed by atoms with van der Waals surface area (Å²) in [4.78, 5) is 0. The summed E-state index contributed by atoms with van der Waals surface area (Å²) < 4.78 is 0. The lowest BCUT2D eigenvalue weighted by Crippen LogP contribution is -2.16. The Morgan fingerprint density at radius 2 is 1.75 bits per heavy atom. The molecule has 0 saturated heterocycles. The molecule has 0 aromatic carbocycles. The molecule has 0 rings (SSSR count). The van der Waals surface area contributed by atoms with Gasteiger partial charge in [-0.15, -0.1) is 0 Å². The van der Waals surface area contributed by atoms with Crippen LogP contribution in [0.1, 0.15) is 39.5 Å². The Morgan fingerprint density at radius 1 is 1.17 bits per heavy atom. The largest absolute Gasteiger partial charge is 0.0958 e. The third kappa shape index (κ3) is 6.65. The van der Waals surface area contributed by atoms with Crippen LogP contribution in [-0.4, -0.2) is 8.07 Å². The van der Waals surface area contributed by atoms with Crippen molar-refractivity contribution < 1.29 is 0 Å². The SMILES string of the molecule is CCCC/C(=C/[Si](C)(C)C)CC. The lowest BCUT2D eigenvalue weighted by atomic mass is 10.1. The van der Waals surface area contributed by atoms with Crippen molar-refractivity contribution in [2.75, 3.05) is 0 Å². The first-order valence-electron chi connectivity index (χ1n) is 5.20. The molecule has 0 aromatic rings. The van der Waals surface area contributed by atoms with Crippen LogP contribution in [0.4, 0.5) is 0 Å². The normalized spacial score (nSPS) is 13.6. The highest BCUT2D eigenvalue weighted by atomic mass is 28.3. The van der Waals surface area contributed by atoms with E-state index in [9.17, 15) is 0 Å². The van der Waals surface area contributed by atoms with Crippen molar-refractivity contribution in [3.63, 3.8) is 0 Å². The van der Waals surface area contributed by atoms with Gasteiger partial charge in [-0.25, -0.2) is 0 Å². The Labute approximate surface area is 79.1 Å². The molecule has 0 atom stereocenters. The molecule has 0 unspecified atom stereocenters. The predicted molar refractivity (Wildman–Crippen MR) is 61.2 cm³/mol. The Kier molecular flexibility index (Phi) is 5.56. The van der Waals surface area contributed by atoms with Crippen LogP contribution in [0.3, 0.4) is 0 Å². The quantitative estimate of drug-likeness (QED) is 0.556. The van der Waals surface area contributed by atoms with E-state index in [1.165, 1.54) is 25.7 Å². The molecular weight excluding hydrogens is 160 g/mol. The average Bonchev–Trinajstić information content (AvgIpc) is 1.95. The third-order valence-corrected chi connectivity index (χ3v) is 3.22. The fourth-order valence-electron chi connectivity index (χ4n) is 1.37. The van der Waals surface area contributed by atoms with Crippen LogP contribution in [0.5, 0.6) is 0 Å². The highest BCUT2D eigenvalue weighted by Crippen LogP contribution is 2.15. The van der Waals surface area contributed by atoms with Crippen LogP contribution < -0.4 is 0 Å². The number of hydrogen-bond donors (Lipinski definition) is 0.